The summed E-state index contributed by atoms with van der Waals surface area (Å²) in [4.78, 5) is 22.2. The van der Waals surface area contributed by atoms with Gasteiger partial charge in [-0.2, -0.15) is 0 Å². The molecule has 0 spiro atoms. The van der Waals surface area contributed by atoms with Gasteiger partial charge in [-0.15, -0.1) is 0 Å². The van der Waals surface area contributed by atoms with Crippen molar-refractivity contribution in [1.82, 2.24) is 0 Å². The number of aromatic hydroxyl groups is 1. The summed E-state index contributed by atoms with van der Waals surface area (Å²) in [5.74, 6) is -0.784. The fraction of sp³-hybridized carbons (Fsp3) is 0.118. The van der Waals surface area contributed by atoms with Crippen LogP contribution in [-0.2, 0) is 6.42 Å². The highest BCUT2D eigenvalue weighted by atomic mass is 19.1. The molecule has 2 aromatic carbocycles. The second-order valence-electron chi connectivity index (χ2n) is 5.38. The normalized spacial score (nSPS) is 10.9. The molecular formula is C17H12FNO5. The first-order valence-electron chi connectivity index (χ1n) is 7.05. The van der Waals surface area contributed by atoms with E-state index in [9.17, 15) is 24.4 Å². The molecule has 1 N–H and O–H groups in total. The maximum Gasteiger partial charge on any atom is 0.340 e. The van der Waals surface area contributed by atoms with Crippen LogP contribution >= 0.6 is 0 Å². The largest absolute Gasteiger partial charge is 0.508 e. The van der Waals surface area contributed by atoms with Crippen molar-refractivity contribution in [1.29, 1.82) is 0 Å². The molecule has 3 rings (SSSR count). The van der Waals surface area contributed by atoms with Crippen LogP contribution in [0.25, 0.3) is 11.0 Å². The summed E-state index contributed by atoms with van der Waals surface area (Å²) in [5.41, 5.74) is 0.289. The van der Waals surface area contributed by atoms with Crippen LogP contribution in [0, 0.1) is 22.9 Å². The van der Waals surface area contributed by atoms with Crippen molar-refractivity contribution in [2.45, 2.75) is 13.3 Å². The number of nitro groups is 1. The summed E-state index contributed by atoms with van der Waals surface area (Å²) in [6, 6.07) is 7.71. The predicted octanol–water partition coefficient (Wildman–Crippen LogP) is 3.45. The van der Waals surface area contributed by atoms with Crippen LogP contribution in [0.3, 0.4) is 0 Å². The number of halogens is 1. The summed E-state index contributed by atoms with van der Waals surface area (Å²) in [6.07, 6.45) is -0.0468. The van der Waals surface area contributed by atoms with Gasteiger partial charge in [-0.25, -0.2) is 9.18 Å². The van der Waals surface area contributed by atoms with E-state index in [1.165, 1.54) is 24.3 Å². The minimum atomic E-state index is -0.756. The number of nitro benzene ring substituents is 1. The highest BCUT2D eigenvalue weighted by Gasteiger charge is 2.16. The van der Waals surface area contributed by atoms with Crippen LogP contribution < -0.4 is 5.63 Å². The number of fused-ring (bicyclic) bond motifs is 1. The average Bonchev–Trinajstić information content (AvgIpc) is 2.52. The van der Waals surface area contributed by atoms with Gasteiger partial charge in [0.05, 0.1) is 11.0 Å². The van der Waals surface area contributed by atoms with Gasteiger partial charge in [-0.1, -0.05) is 0 Å². The molecule has 122 valence electrons. The first-order valence-corrected chi connectivity index (χ1v) is 7.05. The Hall–Kier alpha value is -3.22. The second kappa shape index (κ2) is 5.77. The molecule has 0 unspecified atom stereocenters. The summed E-state index contributed by atoms with van der Waals surface area (Å²) in [5, 5.41) is 20.7. The Morgan fingerprint density at radius 2 is 2.00 bits per heavy atom. The highest BCUT2D eigenvalue weighted by Crippen LogP contribution is 2.25. The predicted molar refractivity (Wildman–Crippen MR) is 84.7 cm³/mol. The van der Waals surface area contributed by atoms with Gasteiger partial charge >= 0.3 is 5.63 Å². The summed E-state index contributed by atoms with van der Waals surface area (Å²) < 4.78 is 19.2. The van der Waals surface area contributed by atoms with Gasteiger partial charge in [-0.05, 0) is 36.2 Å². The summed E-state index contributed by atoms with van der Waals surface area (Å²) >= 11 is 0. The molecule has 0 bridgehead atoms. The number of hydrogen-bond donors (Lipinski definition) is 1. The third-order valence-electron chi connectivity index (χ3n) is 3.89. The van der Waals surface area contributed by atoms with Gasteiger partial charge in [-0.3, -0.25) is 10.1 Å². The fourth-order valence-electron chi connectivity index (χ4n) is 2.57. The Morgan fingerprint density at radius 1 is 1.25 bits per heavy atom. The van der Waals surface area contributed by atoms with Crippen LogP contribution in [0.4, 0.5) is 10.1 Å². The molecule has 0 saturated carbocycles. The number of aryl methyl sites for hydroxylation is 1. The van der Waals surface area contributed by atoms with Crippen LogP contribution in [0.15, 0.2) is 45.6 Å². The van der Waals surface area contributed by atoms with Crippen molar-refractivity contribution in [2.75, 3.05) is 0 Å². The molecule has 6 nitrogen and oxygen atoms in total. The topological polar surface area (TPSA) is 93.6 Å². The number of phenolic OH excluding ortho intramolecular Hbond substituents is 1. The van der Waals surface area contributed by atoms with E-state index in [1.54, 1.807) is 13.0 Å². The number of benzene rings is 2. The Bertz CT molecular complexity index is 1030. The van der Waals surface area contributed by atoms with Gasteiger partial charge < -0.3 is 9.52 Å². The van der Waals surface area contributed by atoms with Crippen molar-refractivity contribution >= 4 is 16.7 Å². The first-order chi connectivity index (χ1) is 11.4. The number of phenols is 1. The van der Waals surface area contributed by atoms with Crippen molar-refractivity contribution in [3.8, 4) is 5.75 Å². The van der Waals surface area contributed by atoms with Crippen molar-refractivity contribution in [3.05, 3.63) is 79.4 Å². The van der Waals surface area contributed by atoms with E-state index in [4.69, 9.17) is 4.42 Å². The Balaban J connectivity index is 2.09. The Labute approximate surface area is 134 Å². The van der Waals surface area contributed by atoms with Crippen molar-refractivity contribution in [2.24, 2.45) is 0 Å². The second-order valence-corrected chi connectivity index (χ2v) is 5.38. The van der Waals surface area contributed by atoms with Crippen LogP contribution in [0.1, 0.15) is 16.7 Å². The lowest BCUT2D eigenvalue weighted by Gasteiger charge is -2.08. The lowest BCUT2D eigenvalue weighted by molar-refractivity contribution is -0.385. The van der Waals surface area contributed by atoms with Gasteiger partial charge in [0.2, 0.25) is 0 Å². The smallest absolute Gasteiger partial charge is 0.340 e. The van der Waals surface area contributed by atoms with Crippen LogP contribution in [0.2, 0.25) is 0 Å². The fourth-order valence-corrected chi connectivity index (χ4v) is 2.57. The minimum Gasteiger partial charge on any atom is -0.508 e. The third kappa shape index (κ3) is 2.71. The molecule has 0 atom stereocenters. The van der Waals surface area contributed by atoms with E-state index >= 15 is 0 Å². The molecule has 0 radical (unpaired) electrons. The monoisotopic (exact) mass is 329 g/mol. The molecule has 0 aliphatic heterocycles. The van der Waals surface area contributed by atoms with Crippen LogP contribution in [-0.4, -0.2) is 10.0 Å². The lowest BCUT2D eigenvalue weighted by Crippen LogP contribution is -2.11. The third-order valence-corrected chi connectivity index (χ3v) is 3.89. The van der Waals surface area contributed by atoms with Gasteiger partial charge in [0, 0.05) is 29.5 Å². The van der Waals surface area contributed by atoms with Crippen molar-refractivity contribution < 1.29 is 18.8 Å². The number of non-ortho nitro benzene ring substituents is 1. The SMILES string of the molecule is Cc1c(Cc2ccc([N+](=O)[O-])cc2F)c(=O)oc2cc(O)ccc12. The quantitative estimate of drug-likeness (QED) is 0.451. The zero-order chi connectivity index (χ0) is 17.4. The molecule has 0 fully saturated rings. The molecule has 0 saturated heterocycles. The molecule has 1 aromatic heterocycles. The average molecular weight is 329 g/mol. The maximum absolute atomic E-state index is 14.1. The van der Waals surface area contributed by atoms with Crippen LogP contribution in [0.5, 0.6) is 5.75 Å². The van der Waals surface area contributed by atoms with Gasteiger partial charge in [0.15, 0.2) is 0 Å². The van der Waals surface area contributed by atoms with Crippen molar-refractivity contribution in [3.63, 3.8) is 0 Å². The zero-order valence-corrected chi connectivity index (χ0v) is 12.6. The van der Waals surface area contributed by atoms with E-state index in [1.807, 2.05) is 0 Å². The Kier molecular flexibility index (Phi) is 3.76. The molecule has 1 heterocycles. The number of hydrogen-bond acceptors (Lipinski definition) is 5. The Morgan fingerprint density at radius 3 is 2.67 bits per heavy atom. The number of nitrogens with zero attached hydrogens (tertiary/aromatic N) is 1. The molecule has 24 heavy (non-hydrogen) atoms. The lowest BCUT2D eigenvalue weighted by atomic mass is 9.99. The molecule has 7 heteroatoms. The molecule has 0 aliphatic rings. The molecular weight excluding hydrogens is 317 g/mol. The maximum atomic E-state index is 14.1. The van der Waals surface area contributed by atoms with E-state index in [0.29, 0.717) is 10.9 Å². The van der Waals surface area contributed by atoms with Gasteiger partial charge in [0.25, 0.3) is 5.69 Å². The molecule has 3 aromatic rings. The van der Waals surface area contributed by atoms with E-state index in [-0.39, 0.29) is 34.6 Å². The number of rotatable bonds is 3. The summed E-state index contributed by atoms with van der Waals surface area (Å²) in [7, 11) is 0. The molecule has 0 aliphatic carbocycles. The van der Waals surface area contributed by atoms with E-state index in [0.717, 1.165) is 6.07 Å². The zero-order valence-electron chi connectivity index (χ0n) is 12.6. The van der Waals surface area contributed by atoms with E-state index < -0.39 is 16.4 Å². The summed E-state index contributed by atoms with van der Waals surface area (Å²) in [6.45, 7) is 1.70. The highest BCUT2D eigenvalue weighted by molar-refractivity contribution is 5.82. The van der Waals surface area contributed by atoms with Gasteiger partial charge in [0.1, 0.15) is 17.1 Å². The molecule has 0 amide bonds. The van der Waals surface area contributed by atoms with E-state index in [2.05, 4.69) is 0 Å². The first kappa shape index (κ1) is 15.7. The minimum absolute atomic E-state index is 0.0285. The standard InChI is InChI=1S/C17H12FNO5/c1-9-13-5-4-12(20)8-16(13)24-17(21)14(9)6-10-2-3-11(19(22)23)7-15(10)18/h2-5,7-8,20H,6H2,1H3.